The summed E-state index contributed by atoms with van der Waals surface area (Å²) in [6.45, 7) is 4.36. The van der Waals surface area contributed by atoms with Crippen molar-refractivity contribution in [3.63, 3.8) is 0 Å². The average molecular weight is 248 g/mol. The Bertz CT molecular complexity index is 363. The molecule has 1 aliphatic rings. The van der Waals surface area contributed by atoms with Gasteiger partial charge in [-0.3, -0.25) is 0 Å². The molecular weight excluding hydrogens is 224 g/mol. The molecular formula is C14H24N4. The van der Waals surface area contributed by atoms with E-state index in [9.17, 15) is 0 Å². The van der Waals surface area contributed by atoms with Gasteiger partial charge in [-0.05, 0) is 38.4 Å². The third kappa shape index (κ3) is 3.19. The van der Waals surface area contributed by atoms with Crippen LogP contribution in [-0.2, 0) is 6.42 Å². The van der Waals surface area contributed by atoms with E-state index in [1.54, 1.807) is 0 Å². The number of hydrogen-bond acceptors (Lipinski definition) is 4. The largest absolute Gasteiger partial charge is 0.342 e. The van der Waals surface area contributed by atoms with Crippen LogP contribution in [0, 0.1) is 0 Å². The number of anilines is 1. The highest BCUT2D eigenvalue weighted by atomic mass is 15.3. The van der Waals surface area contributed by atoms with Crippen molar-refractivity contribution in [3.05, 3.63) is 18.0 Å². The summed E-state index contributed by atoms with van der Waals surface area (Å²) in [5.41, 5.74) is 1.20. The molecule has 2 rings (SSSR count). The molecule has 0 aliphatic carbocycles. The lowest BCUT2D eigenvalue weighted by atomic mass is 10.0. The van der Waals surface area contributed by atoms with Crippen LogP contribution < -0.4 is 4.90 Å². The zero-order valence-corrected chi connectivity index (χ0v) is 11.8. The van der Waals surface area contributed by atoms with Gasteiger partial charge in [0.05, 0.1) is 0 Å². The topological polar surface area (TPSA) is 32.3 Å². The molecule has 1 saturated heterocycles. The number of piperidine rings is 1. The van der Waals surface area contributed by atoms with Crippen LogP contribution >= 0.6 is 0 Å². The van der Waals surface area contributed by atoms with Crippen LogP contribution in [-0.4, -0.2) is 48.1 Å². The van der Waals surface area contributed by atoms with E-state index in [2.05, 4.69) is 40.8 Å². The number of aromatic nitrogens is 2. The highest BCUT2D eigenvalue weighted by Crippen LogP contribution is 2.17. The second kappa shape index (κ2) is 6.14. The Morgan fingerprint density at radius 1 is 1.33 bits per heavy atom. The van der Waals surface area contributed by atoms with Crippen molar-refractivity contribution in [2.45, 2.75) is 38.6 Å². The maximum atomic E-state index is 4.44. The van der Waals surface area contributed by atoms with Crippen molar-refractivity contribution in [1.29, 1.82) is 0 Å². The van der Waals surface area contributed by atoms with Crippen molar-refractivity contribution in [3.8, 4) is 0 Å². The van der Waals surface area contributed by atoms with Crippen molar-refractivity contribution in [1.82, 2.24) is 14.9 Å². The number of nitrogens with zero attached hydrogens (tertiary/aromatic N) is 4. The molecule has 0 amide bonds. The van der Waals surface area contributed by atoms with E-state index in [1.165, 1.54) is 31.4 Å². The molecule has 0 spiro atoms. The average Bonchev–Trinajstić information content (AvgIpc) is 2.41. The second-order valence-corrected chi connectivity index (χ2v) is 5.26. The van der Waals surface area contributed by atoms with Gasteiger partial charge in [0, 0.05) is 32.0 Å². The van der Waals surface area contributed by atoms with Crippen molar-refractivity contribution in [2.75, 3.05) is 32.1 Å². The third-order valence-corrected chi connectivity index (χ3v) is 3.85. The van der Waals surface area contributed by atoms with Gasteiger partial charge in [0.2, 0.25) is 5.95 Å². The normalized spacial score (nSPS) is 20.9. The lowest BCUT2D eigenvalue weighted by molar-refractivity contribution is 0.189. The minimum Gasteiger partial charge on any atom is -0.342 e. The molecule has 2 heterocycles. The Hall–Kier alpha value is -1.16. The Morgan fingerprint density at radius 3 is 2.67 bits per heavy atom. The predicted molar refractivity (Wildman–Crippen MR) is 74.9 cm³/mol. The van der Waals surface area contributed by atoms with Crippen molar-refractivity contribution >= 4 is 5.95 Å². The van der Waals surface area contributed by atoms with Gasteiger partial charge in [-0.2, -0.15) is 0 Å². The molecule has 1 atom stereocenters. The molecule has 1 aliphatic heterocycles. The van der Waals surface area contributed by atoms with Crippen molar-refractivity contribution in [2.24, 2.45) is 0 Å². The molecule has 100 valence electrons. The van der Waals surface area contributed by atoms with Gasteiger partial charge >= 0.3 is 0 Å². The van der Waals surface area contributed by atoms with Gasteiger partial charge in [0.1, 0.15) is 0 Å². The minimum atomic E-state index is 0.637. The van der Waals surface area contributed by atoms with E-state index >= 15 is 0 Å². The Labute approximate surface area is 110 Å². The molecule has 0 aromatic carbocycles. The van der Waals surface area contributed by atoms with E-state index in [4.69, 9.17) is 0 Å². The molecule has 0 radical (unpaired) electrons. The Morgan fingerprint density at radius 2 is 2.06 bits per heavy atom. The summed E-state index contributed by atoms with van der Waals surface area (Å²) in [7, 11) is 4.31. The second-order valence-electron chi connectivity index (χ2n) is 5.26. The molecule has 4 heteroatoms. The summed E-state index contributed by atoms with van der Waals surface area (Å²) >= 11 is 0. The highest BCUT2D eigenvalue weighted by molar-refractivity contribution is 5.28. The number of likely N-dealkylation sites (N-methyl/N-ethyl adjacent to an activating group) is 2. The standard InChI is InChI=1S/C14H24N4/c1-4-12-9-15-14(16-10-12)18(3)11-13-7-5-6-8-17(13)2/h9-10,13H,4-8,11H2,1-3H3/t13-/m1/s1. The lowest BCUT2D eigenvalue weighted by Gasteiger charge is -2.35. The summed E-state index contributed by atoms with van der Waals surface area (Å²) in [4.78, 5) is 13.5. The van der Waals surface area contributed by atoms with E-state index < -0.39 is 0 Å². The summed E-state index contributed by atoms with van der Waals surface area (Å²) in [6.07, 6.45) is 8.83. The molecule has 4 nitrogen and oxygen atoms in total. The number of hydrogen-bond donors (Lipinski definition) is 0. The lowest BCUT2D eigenvalue weighted by Crippen LogP contribution is -2.44. The van der Waals surface area contributed by atoms with Crippen LogP contribution in [0.2, 0.25) is 0 Å². The molecule has 1 aromatic heterocycles. The smallest absolute Gasteiger partial charge is 0.225 e. The van der Waals surface area contributed by atoms with Gasteiger partial charge in [0.25, 0.3) is 0 Å². The minimum absolute atomic E-state index is 0.637. The monoisotopic (exact) mass is 248 g/mol. The first kappa shape index (κ1) is 13.3. The molecule has 1 aromatic rings. The summed E-state index contributed by atoms with van der Waals surface area (Å²) < 4.78 is 0. The maximum Gasteiger partial charge on any atom is 0.225 e. The number of aryl methyl sites for hydroxylation is 1. The van der Waals surface area contributed by atoms with E-state index in [0.717, 1.165) is 18.9 Å². The van der Waals surface area contributed by atoms with E-state index in [-0.39, 0.29) is 0 Å². The fourth-order valence-corrected chi connectivity index (χ4v) is 2.50. The van der Waals surface area contributed by atoms with E-state index in [1.807, 2.05) is 12.4 Å². The van der Waals surface area contributed by atoms with Crippen LogP contribution in [0.5, 0.6) is 0 Å². The maximum absolute atomic E-state index is 4.44. The number of rotatable bonds is 4. The number of likely N-dealkylation sites (tertiary alicyclic amines) is 1. The summed E-state index contributed by atoms with van der Waals surface area (Å²) in [5, 5.41) is 0. The first-order valence-corrected chi connectivity index (χ1v) is 6.93. The predicted octanol–water partition coefficient (Wildman–Crippen LogP) is 1.96. The van der Waals surface area contributed by atoms with Crippen LogP contribution in [0.4, 0.5) is 5.95 Å². The van der Waals surface area contributed by atoms with Crippen LogP contribution in [0.15, 0.2) is 12.4 Å². The first-order valence-electron chi connectivity index (χ1n) is 6.93. The van der Waals surface area contributed by atoms with Crippen LogP contribution in [0.25, 0.3) is 0 Å². The molecule has 0 bridgehead atoms. The van der Waals surface area contributed by atoms with Crippen LogP contribution in [0.3, 0.4) is 0 Å². The molecule has 1 fully saturated rings. The molecule has 0 saturated carbocycles. The zero-order chi connectivity index (χ0) is 13.0. The van der Waals surface area contributed by atoms with E-state index in [0.29, 0.717) is 6.04 Å². The Balaban J connectivity index is 1.95. The fourth-order valence-electron chi connectivity index (χ4n) is 2.50. The SMILES string of the molecule is CCc1cnc(N(C)C[C@H]2CCCCN2C)nc1. The van der Waals surface area contributed by atoms with Gasteiger partial charge in [-0.1, -0.05) is 13.3 Å². The van der Waals surface area contributed by atoms with Crippen LogP contribution in [0.1, 0.15) is 31.7 Å². The summed E-state index contributed by atoms with van der Waals surface area (Å²) in [6, 6.07) is 0.637. The molecule has 0 N–H and O–H groups in total. The van der Waals surface area contributed by atoms with Gasteiger partial charge in [-0.15, -0.1) is 0 Å². The highest BCUT2D eigenvalue weighted by Gasteiger charge is 2.21. The van der Waals surface area contributed by atoms with Gasteiger partial charge in [0.15, 0.2) is 0 Å². The van der Waals surface area contributed by atoms with Crippen molar-refractivity contribution < 1.29 is 0 Å². The molecule has 0 unspecified atom stereocenters. The van der Waals surface area contributed by atoms with Gasteiger partial charge < -0.3 is 9.80 Å². The summed E-state index contributed by atoms with van der Waals surface area (Å²) in [5.74, 6) is 0.839. The third-order valence-electron chi connectivity index (χ3n) is 3.85. The van der Waals surface area contributed by atoms with Gasteiger partial charge in [-0.25, -0.2) is 9.97 Å². The Kier molecular flexibility index (Phi) is 4.53. The quantitative estimate of drug-likeness (QED) is 0.815. The zero-order valence-electron chi connectivity index (χ0n) is 11.8. The molecule has 18 heavy (non-hydrogen) atoms. The first-order chi connectivity index (χ1) is 8.70. The fraction of sp³-hybridized carbons (Fsp3) is 0.714.